The zero-order valence-electron chi connectivity index (χ0n) is 13.8. The quantitative estimate of drug-likeness (QED) is 0.702. The monoisotopic (exact) mass is 336 g/mol. The number of hydrogen-bond donors (Lipinski definition) is 2. The normalized spacial score (nSPS) is 14.9. The number of ether oxygens (including phenoxy) is 2. The average molecular weight is 336 g/mol. The minimum Gasteiger partial charge on any atom is -0.495 e. The maximum Gasteiger partial charge on any atom is 0.416 e. The Morgan fingerprint density at radius 1 is 1.33 bits per heavy atom. The molecule has 1 unspecified atom stereocenters. The third-order valence-electron chi connectivity index (χ3n) is 3.75. The van der Waals surface area contributed by atoms with E-state index >= 15 is 0 Å². The van der Waals surface area contributed by atoms with E-state index in [2.05, 4.69) is 5.32 Å². The number of nitrogens with zero attached hydrogens (tertiary/aromatic N) is 1. The minimum atomic E-state index is -0.617. The van der Waals surface area contributed by atoms with E-state index in [1.54, 1.807) is 18.2 Å². The molecule has 130 valence electrons. The van der Waals surface area contributed by atoms with Gasteiger partial charge in [-0.05, 0) is 19.1 Å². The molecule has 1 aliphatic heterocycles. The summed E-state index contributed by atoms with van der Waals surface area (Å²) >= 11 is 0. The Labute approximate surface area is 140 Å². The number of carbonyl (C=O) groups excluding carboxylic acids is 3. The number of anilines is 1. The molecule has 8 heteroatoms. The Morgan fingerprint density at radius 2 is 2.08 bits per heavy atom. The van der Waals surface area contributed by atoms with Gasteiger partial charge in [0.25, 0.3) is 11.8 Å². The van der Waals surface area contributed by atoms with Gasteiger partial charge in [-0.2, -0.15) is 0 Å². The van der Waals surface area contributed by atoms with Crippen molar-refractivity contribution in [1.29, 1.82) is 0 Å². The molecule has 8 nitrogen and oxygen atoms in total. The first kappa shape index (κ1) is 17.7. The SMILES string of the molecule is CC[NH+](CC(=O)Nc1ccccc1OC)CC(=O)N1CCOC1=O. The van der Waals surface area contributed by atoms with Gasteiger partial charge in [-0.15, -0.1) is 0 Å². The Balaban J connectivity index is 1.90. The predicted octanol–water partition coefficient (Wildman–Crippen LogP) is -0.483. The van der Waals surface area contributed by atoms with E-state index in [4.69, 9.17) is 9.47 Å². The van der Waals surface area contributed by atoms with Crippen molar-refractivity contribution >= 4 is 23.6 Å². The fourth-order valence-corrected chi connectivity index (χ4v) is 2.41. The van der Waals surface area contributed by atoms with E-state index in [0.29, 0.717) is 18.0 Å². The number of imide groups is 1. The lowest BCUT2D eigenvalue weighted by molar-refractivity contribution is -0.881. The number of likely N-dealkylation sites (N-methyl/N-ethyl adjacent to an activating group) is 1. The van der Waals surface area contributed by atoms with Gasteiger partial charge in [-0.3, -0.25) is 9.59 Å². The van der Waals surface area contributed by atoms with Gasteiger partial charge in [0.2, 0.25) is 0 Å². The van der Waals surface area contributed by atoms with Crippen molar-refractivity contribution in [3.63, 3.8) is 0 Å². The van der Waals surface area contributed by atoms with Crippen LogP contribution >= 0.6 is 0 Å². The number of carbonyl (C=O) groups is 3. The smallest absolute Gasteiger partial charge is 0.416 e. The minimum absolute atomic E-state index is 0.0605. The molecule has 2 N–H and O–H groups in total. The van der Waals surface area contributed by atoms with Crippen LogP contribution in [0.15, 0.2) is 24.3 Å². The van der Waals surface area contributed by atoms with Crippen molar-refractivity contribution < 1.29 is 28.8 Å². The molecule has 0 radical (unpaired) electrons. The maximum absolute atomic E-state index is 12.2. The summed E-state index contributed by atoms with van der Waals surface area (Å²) in [6.07, 6.45) is -0.617. The molecule has 1 fully saturated rings. The Morgan fingerprint density at radius 3 is 2.71 bits per heavy atom. The van der Waals surface area contributed by atoms with Crippen molar-refractivity contribution in [3.8, 4) is 5.75 Å². The number of nitrogens with one attached hydrogen (secondary N) is 2. The van der Waals surface area contributed by atoms with E-state index in [1.807, 2.05) is 13.0 Å². The van der Waals surface area contributed by atoms with E-state index in [0.717, 1.165) is 9.80 Å². The van der Waals surface area contributed by atoms with E-state index in [1.165, 1.54) is 7.11 Å². The van der Waals surface area contributed by atoms with Crippen LogP contribution < -0.4 is 15.0 Å². The highest BCUT2D eigenvalue weighted by Gasteiger charge is 2.31. The van der Waals surface area contributed by atoms with Crippen molar-refractivity contribution in [2.75, 3.05) is 45.2 Å². The molecule has 2 rings (SSSR count). The molecule has 1 saturated heterocycles. The average Bonchev–Trinajstić information content (AvgIpc) is 3.00. The molecule has 0 aliphatic carbocycles. The largest absolute Gasteiger partial charge is 0.495 e. The van der Waals surface area contributed by atoms with Crippen LogP contribution in [0.25, 0.3) is 0 Å². The van der Waals surface area contributed by atoms with E-state index < -0.39 is 6.09 Å². The molecule has 1 aromatic rings. The van der Waals surface area contributed by atoms with Crippen LogP contribution in [0.3, 0.4) is 0 Å². The number of methoxy groups -OCH3 is 1. The Bertz CT molecular complexity index is 619. The first-order valence-corrected chi connectivity index (χ1v) is 7.78. The summed E-state index contributed by atoms with van der Waals surface area (Å²) in [6.45, 7) is 3.12. The molecule has 24 heavy (non-hydrogen) atoms. The summed E-state index contributed by atoms with van der Waals surface area (Å²) in [7, 11) is 1.53. The lowest BCUT2D eigenvalue weighted by atomic mass is 10.3. The molecule has 0 aromatic heterocycles. The zero-order valence-corrected chi connectivity index (χ0v) is 13.8. The number of cyclic esters (lactones) is 1. The van der Waals surface area contributed by atoms with Crippen molar-refractivity contribution in [2.45, 2.75) is 6.92 Å². The van der Waals surface area contributed by atoms with Gasteiger partial charge in [0.15, 0.2) is 13.1 Å². The highest BCUT2D eigenvalue weighted by Crippen LogP contribution is 2.22. The van der Waals surface area contributed by atoms with E-state index in [-0.39, 0.29) is 38.1 Å². The fraction of sp³-hybridized carbons (Fsp3) is 0.438. The predicted molar refractivity (Wildman–Crippen MR) is 85.9 cm³/mol. The maximum atomic E-state index is 12.2. The molecule has 1 atom stereocenters. The number of benzene rings is 1. The van der Waals surface area contributed by atoms with Crippen molar-refractivity contribution in [1.82, 2.24) is 4.90 Å². The fourth-order valence-electron chi connectivity index (χ4n) is 2.41. The van der Waals surface area contributed by atoms with Gasteiger partial charge in [0.1, 0.15) is 12.4 Å². The van der Waals surface area contributed by atoms with Gasteiger partial charge in [-0.1, -0.05) is 12.1 Å². The third-order valence-corrected chi connectivity index (χ3v) is 3.75. The van der Waals surface area contributed by atoms with Crippen LogP contribution in [0, 0.1) is 0 Å². The highest BCUT2D eigenvalue weighted by molar-refractivity contribution is 5.94. The lowest BCUT2D eigenvalue weighted by Gasteiger charge is -2.19. The topological polar surface area (TPSA) is 89.4 Å². The van der Waals surface area contributed by atoms with Crippen molar-refractivity contribution in [2.24, 2.45) is 0 Å². The second kappa shape index (κ2) is 8.30. The Hall–Kier alpha value is -2.61. The van der Waals surface area contributed by atoms with Gasteiger partial charge in [0, 0.05) is 0 Å². The van der Waals surface area contributed by atoms with Crippen LogP contribution in [0.4, 0.5) is 10.5 Å². The summed E-state index contributed by atoms with van der Waals surface area (Å²) in [4.78, 5) is 37.6. The third kappa shape index (κ3) is 4.45. The number of rotatable bonds is 7. The molecular weight excluding hydrogens is 314 g/mol. The van der Waals surface area contributed by atoms with Crippen LogP contribution in [-0.2, 0) is 14.3 Å². The van der Waals surface area contributed by atoms with E-state index in [9.17, 15) is 14.4 Å². The summed E-state index contributed by atoms with van der Waals surface area (Å²) in [5.41, 5.74) is 0.579. The van der Waals surface area contributed by atoms with Gasteiger partial charge in [-0.25, -0.2) is 9.69 Å². The second-order valence-electron chi connectivity index (χ2n) is 5.37. The second-order valence-corrected chi connectivity index (χ2v) is 5.37. The van der Waals surface area contributed by atoms with Crippen LogP contribution in [0.1, 0.15) is 6.92 Å². The van der Waals surface area contributed by atoms with Gasteiger partial charge >= 0.3 is 6.09 Å². The number of quaternary nitrogens is 1. The Kier molecular flexibility index (Phi) is 6.14. The lowest BCUT2D eigenvalue weighted by Crippen LogP contribution is -3.14. The zero-order chi connectivity index (χ0) is 17.5. The van der Waals surface area contributed by atoms with Crippen molar-refractivity contribution in [3.05, 3.63) is 24.3 Å². The first-order valence-electron chi connectivity index (χ1n) is 7.78. The van der Waals surface area contributed by atoms with Crippen LogP contribution in [-0.4, -0.2) is 62.7 Å². The molecule has 1 heterocycles. The highest BCUT2D eigenvalue weighted by atomic mass is 16.6. The molecule has 3 amide bonds. The van der Waals surface area contributed by atoms with Crippen LogP contribution in [0.2, 0.25) is 0 Å². The molecule has 1 aliphatic rings. The standard InChI is InChI=1S/C16H21N3O5/c1-3-18(11-15(21)19-8-9-24-16(19)22)10-14(20)17-12-6-4-5-7-13(12)23-2/h4-7H,3,8-11H2,1-2H3,(H,17,20)/p+1. The van der Waals surface area contributed by atoms with Gasteiger partial charge < -0.3 is 19.7 Å². The summed E-state index contributed by atoms with van der Waals surface area (Å²) in [6, 6.07) is 7.10. The number of hydrogen-bond acceptors (Lipinski definition) is 5. The van der Waals surface area contributed by atoms with Gasteiger partial charge in [0.05, 0.1) is 25.9 Å². The number of amides is 3. The summed E-state index contributed by atoms with van der Waals surface area (Å²) in [5.74, 6) is 0.00683. The molecular formula is C16H22N3O5+. The first-order chi connectivity index (χ1) is 11.5. The molecule has 1 aromatic carbocycles. The molecule has 0 bridgehead atoms. The molecule has 0 spiro atoms. The number of para-hydroxylation sites is 2. The summed E-state index contributed by atoms with van der Waals surface area (Å²) < 4.78 is 9.94. The van der Waals surface area contributed by atoms with Crippen LogP contribution in [0.5, 0.6) is 5.75 Å². The molecule has 0 saturated carbocycles. The summed E-state index contributed by atoms with van der Waals surface area (Å²) in [5, 5.41) is 2.78.